The molecule has 0 aliphatic carbocycles. The second-order valence-electron chi connectivity index (χ2n) is 6.82. The maximum atomic E-state index is 11.1. The Kier molecular flexibility index (Phi) is 12.1. The first kappa shape index (κ1) is 23.4. The second-order valence-corrected chi connectivity index (χ2v) is 6.82. The third-order valence-corrected chi connectivity index (χ3v) is 4.50. The van der Waals surface area contributed by atoms with Gasteiger partial charge in [0.2, 0.25) is 0 Å². The van der Waals surface area contributed by atoms with E-state index in [1.165, 1.54) is 50.7 Å². The lowest BCUT2D eigenvalue weighted by molar-refractivity contribution is -0.384. The van der Waals surface area contributed by atoms with E-state index in [1.807, 2.05) is 6.08 Å². The Morgan fingerprint density at radius 2 is 1.64 bits per heavy atom. The van der Waals surface area contributed by atoms with Gasteiger partial charge in [-0.3, -0.25) is 10.1 Å². The number of carbonyl (C=O) groups is 1. The second kappa shape index (κ2) is 14.4. The van der Waals surface area contributed by atoms with Gasteiger partial charge in [0, 0.05) is 12.6 Å². The van der Waals surface area contributed by atoms with Crippen LogP contribution < -0.4 is 5.32 Å². The van der Waals surface area contributed by atoms with Crippen molar-refractivity contribution in [2.45, 2.75) is 64.2 Å². The zero-order valence-electron chi connectivity index (χ0n) is 16.6. The van der Waals surface area contributed by atoms with Crippen LogP contribution in [0.5, 0.6) is 0 Å². The Bertz CT molecular complexity index is 656. The van der Waals surface area contributed by atoms with Gasteiger partial charge in [-0.25, -0.2) is 4.79 Å². The number of nitrogens with one attached hydrogen (secondary N) is 1. The van der Waals surface area contributed by atoms with Crippen molar-refractivity contribution in [1.29, 1.82) is 0 Å². The van der Waals surface area contributed by atoms with Crippen LogP contribution in [0.3, 0.4) is 0 Å². The zero-order chi connectivity index (χ0) is 20.6. The molecule has 1 rings (SSSR count). The van der Waals surface area contributed by atoms with E-state index in [2.05, 4.69) is 24.0 Å². The molecule has 0 atom stereocenters. The minimum atomic E-state index is -1.17. The van der Waals surface area contributed by atoms with Crippen LogP contribution in [0.1, 0.15) is 74.6 Å². The van der Waals surface area contributed by atoms with Crippen LogP contribution in [0.25, 0.3) is 0 Å². The van der Waals surface area contributed by atoms with Crippen LogP contribution in [0, 0.1) is 10.1 Å². The number of anilines is 1. The van der Waals surface area contributed by atoms with Gasteiger partial charge in [-0.05, 0) is 50.7 Å². The third-order valence-electron chi connectivity index (χ3n) is 4.50. The number of carboxylic acid groups (broad SMARTS) is 1. The van der Waals surface area contributed by atoms with Crippen LogP contribution in [-0.2, 0) is 0 Å². The molecule has 28 heavy (non-hydrogen) atoms. The van der Waals surface area contributed by atoms with Crippen molar-refractivity contribution < 1.29 is 14.8 Å². The van der Waals surface area contributed by atoms with Gasteiger partial charge in [-0.1, -0.05) is 43.9 Å². The summed E-state index contributed by atoms with van der Waals surface area (Å²) in [6.07, 6.45) is 18.0. The highest BCUT2D eigenvalue weighted by atomic mass is 16.6. The van der Waals surface area contributed by atoms with E-state index in [-0.39, 0.29) is 11.3 Å². The fourth-order valence-electron chi connectivity index (χ4n) is 2.90. The number of carboxylic acids is 1. The summed E-state index contributed by atoms with van der Waals surface area (Å²) >= 11 is 0. The molecule has 0 heterocycles. The lowest BCUT2D eigenvalue weighted by Crippen LogP contribution is -2.06. The molecule has 0 saturated heterocycles. The van der Waals surface area contributed by atoms with Crippen LogP contribution in [0.15, 0.2) is 43.0 Å². The molecule has 6 heteroatoms. The smallest absolute Gasteiger partial charge is 0.335 e. The molecule has 154 valence electrons. The summed E-state index contributed by atoms with van der Waals surface area (Å²) in [7, 11) is 0. The number of hydrogen-bond acceptors (Lipinski definition) is 4. The van der Waals surface area contributed by atoms with Gasteiger partial charge in [0.25, 0.3) is 5.69 Å². The molecule has 1 aromatic carbocycles. The topological polar surface area (TPSA) is 92.5 Å². The molecular formula is C22H32N2O4. The molecule has 0 fully saturated rings. The summed E-state index contributed by atoms with van der Waals surface area (Å²) in [5, 5.41) is 23.1. The number of hydrogen-bond donors (Lipinski definition) is 2. The number of nitrogens with zero attached hydrogens (tertiary/aromatic N) is 1. The summed E-state index contributed by atoms with van der Waals surface area (Å²) in [5.41, 5.74) is 0.0592. The van der Waals surface area contributed by atoms with Gasteiger partial charge in [-0.15, -0.1) is 6.58 Å². The highest BCUT2D eigenvalue weighted by Crippen LogP contribution is 2.25. The highest BCUT2D eigenvalue weighted by Gasteiger charge is 2.16. The summed E-state index contributed by atoms with van der Waals surface area (Å²) in [5.74, 6) is -1.17. The van der Waals surface area contributed by atoms with Crippen LogP contribution in [0.4, 0.5) is 11.4 Å². The van der Waals surface area contributed by atoms with Crippen molar-refractivity contribution >= 4 is 17.3 Å². The quantitative estimate of drug-likeness (QED) is 0.149. The summed E-state index contributed by atoms with van der Waals surface area (Å²) in [6, 6.07) is 3.91. The van der Waals surface area contributed by atoms with Gasteiger partial charge >= 0.3 is 5.97 Å². The van der Waals surface area contributed by atoms with E-state index in [0.29, 0.717) is 12.2 Å². The highest BCUT2D eigenvalue weighted by molar-refractivity contribution is 5.89. The van der Waals surface area contributed by atoms with Gasteiger partial charge in [0.05, 0.1) is 10.5 Å². The predicted octanol–water partition coefficient (Wildman–Crippen LogP) is 6.35. The predicted molar refractivity (Wildman–Crippen MR) is 114 cm³/mol. The molecule has 0 amide bonds. The van der Waals surface area contributed by atoms with E-state index >= 15 is 0 Å². The Labute approximate surface area is 167 Å². The number of nitro benzene ring substituents is 1. The molecule has 2 N–H and O–H groups in total. The molecule has 0 aromatic heterocycles. The van der Waals surface area contributed by atoms with E-state index < -0.39 is 10.9 Å². The Hall–Kier alpha value is -2.63. The van der Waals surface area contributed by atoms with E-state index in [0.717, 1.165) is 31.7 Å². The largest absolute Gasteiger partial charge is 0.478 e. The van der Waals surface area contributed by atoms with Crippen molar-refractivity contribution in [3.8, 4) is 0 Å². The van der Waals surface area contributed by atoms with Crippen molar-refractivity contribution in [2.24, 2.45) is 0 Å². The average Bonchev–Trinajstić information content (AvgIpc) is 2.68. The molecule has 0 saturated carbocycles. The molecular weight excluding hydrogens is 356 g/mol. The fourth-order valence-corrected chi connectivity index (χ4v) is 2.90. The Balaban J connectivity index is 2.15. The molecule has 6 nitrogen and oxygen atoms in total. The molecule has 0 bridgehead atoms. The molecule has 1 aromatic rings. The molecule has 0 spiro atoms. The standard InChI is InChI=1S/C22H32N2O4/c1-2-3-4-5-6-7-8-9-10-11-12-13-14-17-23-20-16-15-19(22(25)26)18-21(20)24(27)28/h2,11-12,15-16,18,23H,1,3-10,13-14,17H2,(H,25,26). The van der Waals surface area contributed by atoms with Crippen LogP contribution in [-0.4, -0.2) is 22.5 Å². The lowest BCUT2D eigenvalue weighted by atomic mass is 10.1. The lowest BCUT2D eigenvalue weighted by Gasteiger charge is -2.07. The molecule has 0 unspecified atom stereocenters. The van der Waals surface area contributed by atoms with Crippen LogP contribution >= 0.6 is 0 Å². The number of aromatic carboxylic acids is 1. The SMILES string of the molecule is C=CCCCCCCCCC=CCCCNc1ccc(C(=O)O)cc1[N+](=O)[O-]. The Morgan fingerprint density at radius 3 is 2.25 bits per heavy atom. The van der Waals surface area contributed by atoms with Gasteiger partial charge in [0.1, 0.15) is 5.69 Å². The van der Waals surface area contributed by atoms with Crippen molar-refractivity contribution in [1.82, 2.24) is 0 Å². The maximum absolute atomic E-state index is 11.1. The minimum absolute atomic E-state index is 0.0862. The zero-order valence-corrected chi connectivity index (χ0v) is 16.6. The van der Waals surface area contributed by atoms with E-state index in [4.69, 9.17) is 5.11 Å². The average molecular weight is 389 g/mol. The van der Waals surface area contributed by atoms with Crippen molar-refractivity contribution in [3.05, 3.63) is 58.7 Å². The Morgan fingerprint density at radius 1 is 1.04 bits per heavy atom. The first-order chi connectivity index (χ1) is 13.6. The normalized spacial score (nSPS) is 10.9. The van der Waals surface area contributed by atoms with Gasteiger partial charge < -0.3 is 10.4 Å². The maximum Gasteiger partial charge on any atom is 0.335 e. The minimum Gasteiger partial charge on any atom is -0.478 e. The molecule has 0 aliphatic heterocycles. The number of rotatable bonds is 16. The molecule has 0 aliphatic rings. The molecule has 0 radical (unpaired) electrons. The number of nitro groups is 1. The third kappa shape index (κ3) is 9.90. The van der Waals surface area contributed by atoms with Crippen LogP contribution in [0.2, 0.25) is 0 Å². The van der Waals surface area contributed by atoms with Gasteiger partial charge in [-0.2, -0.15) is 0 Å². The van der Waals surface area contributed by atoms with Crippen molar-refractivity contribution in [2.75, 3.05) is 11.9 Å². The van der Waals surface area contributed by atoms with Gasteiger partial charge in [0.15, 0.2) is 0 Å². The fraction of sp³-hybridized carbons (Fsp3) is 0.500. The van der Waals surface area contributed by atoms with Crippen molar-refractivity contribution in [3.63, 3.8) is 0 Å². The number of allylic oxidation sites excluding steroid dienone is 3. The number of benzene rings is 1. The first-order valence-corrected chi connectivity index (χ1v) is 10.1. The summed E-state index contributed by atoms with van der Waals surface area (Å²) < 4.78 is 0. The van der Waals surface area contributed by atoms with E-state index in [9.17, 15) is 14.9 Å². The number of unbranched alkanes of at least 4 members (excludes halogenated alkanes) is 8. The summed E-state index contributed by atoms with van der Waals surface area (Å²) in [4.78, 5) is 21.5. The monoisotopic (exact) mass is 388 g/mol. The summed E-state index contributed by atoms with van der Waals surface area (Å²) in [6.45, 7) is 4.33. The van der Waals surface area contributed by atoms with E-state index in [1.54, 1.807) is 0 Å². The first-order valence-electron chi connectivity index (χ1n) is 10.1.